The number of hydrogen-bond acceptors (Lipinski definition) is 3. The number of aliphatic hydroxyl groups excluding tert-OH is 2. The molecule has 0 aliphatic carbocycles. The largest absolute Gasteiger partial charge is 0.489 e. The second-order valence-electron chi connectivity index (χ2n) is 4.77. The summed E-state index contributed by atoms with van der Waals surface area (Å²) in [5.41, 5.74) is 1.48. The first kappa shape index (κ1) is 17.4. The molecule has 0 radical (unpaired) electrons. The molecule has 2 rings (SSSR count). The summed E-state index contributed by atoms with van der Waals surface area (Å²) in [7, 11) is 0. The quantitative estimate of drug-likeness (QED) is 0.758. The lowest BCUT2D eigenvalue weighted by Gasteiger charge is -2.16. The molecular weight excluding hydrogens is 347 g/mol. The first-order valence-electron chi connectivity index (χ1n) is 6.60. The molecule has 0 fully saturated rings. The van der Waals surface area contributed by atoms with E-state index in [4.69, 9.17) is 39.5 Å². The zero-order valence-electron chi connectivity index (χ0n) is 11.5. The van der Waals surface area contributed by atoms with Gasteiger partial charge < -0.3 is 14.9 Å². The van der Waals surface area contributed by atoms with Gasteiger partial charge in [-0.1, -0.05) is 41.4 Å². The van der Waals surface area contributed by atoms with Gasteiger partial charge in [0.25, 0.3) is 0 Å². The van der Waals surface area contributed by atoms with Crippen molar-refractivity contribution in [2.24, 2.45) is 0 Å². The molecule has 22 heavy (non-hydrogen) atoms. The minimum Gasteiger partial charge on any atom is -0.489 e. The van der Waals surface area contributed by atoms with E-state index in [2.05, 4.69) is 0 Å². The fourth-order valence-electron chi connectivity index (χ4n) is 1.86. The summed E-state index contributed by atoms with van der Waals surface area (Å²) < 4.78 is 5.64. The molecule has 0 amide bonds. The third-order valence-corrected chi connectivity index (χ3v) is 4.19. The average molecular weight is 362 g/mol. The SMILES string of the molecule is OC(CCl)C(O)c1ccc(OCc2ccc(Cl)c(Cl)c2)cc1. The Hall–Kier alpha value is -0.970. The molecule has 3 nitrogen and oxygen atoms in total. The summed E-state index contributed by atoms with van der Waals surface area (Å²) >= 11 is 17.3. The van der Waals surface area contributed by atoms with E-state index < -0.39 is 12.2 Å². The van der Waals surface area contributed by atoms with Crippen LogP contribution in [-0.2, 0) is 6.61 Å². The maximum Gasteiger partial charge on any atom is 0.119 e. The Kier molecular flexibility index (Phi) is 6.36. The van der Waals surface area contributed by atoms with Crippen LogP contribution in [0.5, 0.6) is 5.75 Å². The number of hydrogen-bond donors (Lipinski definition) is 2. The van der Waals surface area contributed by atoms with Crippen LogP contribution in [-0.4, -0.2) is 22.2 Å². The van der Waals surface area contributed by atoms with Gasteiger partial charge in [-0.3, -0.25) is 0 Å². The second kappa shape index (κ2) is 8.04. The molecule has 0 aliphatic heterocycles. The van der Waals surface area contributed by atoms with Crippen molar-refractivity contribution in [1.82, 2.24) is 0 Å². The first-order chi connectivity index (χ1) is 10.5. The van der Waals surface area contributed by atoms with E-state index in [1.807, 2.05) is 6.07 Å². The normalized spacial score (nSPS) is 13.7. The zero-order chi connectivity index (χ0) is 16.1. The molecule has 2 atom stereocenters. The Morgan fingerprint density at radius 1 is 0.955 bits per heavy atom. The maximum atomic E-state index is 9.84. The van der Waals surface area contributed by atoms with Crippen molar-refractivity contribution in [3.05, 3.63) is 63.6 Å². The summed E-state index contributed by atoms with van der Waals surface area (Å²) in [6.07, 6.45) is -2.01. The molecule has 0 spiro atoms. The van der Waals surface area contributed by atoms with Gasteiger partial charge in [0.1, 0.15) is 18.5 Å². The van der Waals surface area contributed by atoms with E-state index in [-0.39, 0.29) is 5.88 Å². The minimum atomic E-state index is -1.01. The fourth-order valence-corrected chi connectivity index (χ4v) is 2.35. The highest BCUT2D eigenvalue weighted by atomic mass is 35.5. The highest BCUT2D eigenvalue weighted by molar-refractivity contribution is 6.42. The van der Waals surface area contributed by atoms with Gasteiger partial charge >= 0.3 is 0 Å². The van der Waals surface area contributed by atoms with Crippen molar-refractivity contribution in [3.8, 4) is 5.75 Å². The van der Waals surface area contributed by atoms with E-state index in [0.29, 0.717) is 28.0 Å². The van der Waals surface area contributed by atoms with Crippen molar-refractivity contribution >= 4 is 34.8 Å². The Balaban J connectivity index is 1.98. The summed E-state index contributed by atoms with van der Waals surface area (Å²) in [4.78, 5) is 0. The standard InChI is InChI=1S/C16H15Cl3O3/c17-8-15(20)16(21)11-2-4-12(5-3-11)22-9-10-1-6-13(18)14(19)7-10/h1-7,15-16,20-21H,8-9H2. The van der Waals surface area contributed by atoms with Crippen LogP contribution in [0, 0.1) is 0 Å². The van der Waals surface area contributed by atoms with Gasteiger partial charge in [0, 0.05) is 0 Å². The number of aliphatic hydroxyl groups is 2. The zero-order valence-corrected chi connectivity index (χ0v) is 13.8. The number of halogens is 3. The molecule has 0 saturated carbocycles. The highest BCUT2D eigenvalue weighted by Crippen LogP contribution is 2.24. The van der Waals surface area contributed by atoms with Crippen molar-refractivity contribution in [2.45, 2.75) is 18.8 Å². The third-order valence-electron chi connectivity index (χ3n) is 3.13. The van der Waals surface area contributed by atoms with Crippen LogP contribution in [0.1, 0.15) is 17.2 Å². The number of ether oxygens (including phenoxy) is 1. The average Bonchev–Trinajstić information content (AvgIpc) is 2.55. The molecule has 118 valence electrons. The summed E-state index contributed by atoms with van der Waals surface area (Å²) in [6, 6.07) is 12.1. The number of alkyl halides is 1. The van der Waals surface area contributed by atoms with Crippen molar-refractivity contribution < 1.29 is 14.9 Å². The summed E-state index contributed by atoms with van der Waals surface area (Å²) in [5, 5.41) is 20.3. The first-order valence-corrected chi connectivity index (χ1v) is 7.89. The fraction of sp³-hybridized carbons (Fsp3) is 0.250. The van der Waals surface area contributed by atoms with Crippen LogP contribution in [0.15, 0.2) is 42.5 Å². The molecule has 0 aliphatic rings. The van der Waals surface area contributed by atoms with Gasteiger partial charge in [0.15, 0.2) is 0 Å². The molecule has 0 saturated heterocycles. The summed E-state index contributed by atoms with van der Waals surface area (Å²) in [5.74, 6) is 0.610. The van der Waals surface area contributed by atoms with Crippen LogP contribution in [0.2, 0.25) is 10.0 Å². The predicted molar refractivity (Wildman–Crippen MR) is 88.9 cm³/mol. The predicted octanol–water partition coefficient (Wildman–Crippen LogP) is 4.21. The Morgan fingerprint density at radius 2 is 1.64 bits per heavy atom. The third kappa shape index (κ3) is 4.51. The molecule has 2 aromatic rings. The van der Waals surface area contributed by atoms with Crippen LogP contribution in [0.3, 0.4) is 0 Å². The lowest BCUT2D eigenvalue weighted by Crippen LogP contribution is -2.19. The Bertz CT molecular complexity index is 617. The molecule has 2 N–H and O–H groups in total. The van der Waals surface area contributed by atoms with Gasteiger partial charge in [-0.25, -0.2) is 0 Å². The van der Waals surface area contributed by atoms with E-state index in [1.54, 1.807) is 36.4 Å². The van der Waals surface area contributed by atoms with Crippen molar-refractivity contribution in [1.29, 1.82) is 0 Å². The van der Waals surface area contributed by atoms with Gasteiger partial charge in [-0.05, 0) is 35.4 Å². The number of benzene rings is 2. The van der Waals surface area contributed by atoms with Gasteiger partial charge in [-0.15, -0.1) is 11.6 Å². The Morgan fingerprint density at radius 3 is 2.23 bits per heavy atom. The molecule has 2 unspecified atom stereocenters. The lowest BCUT2D eigenvalue weighted by atomic mass is 10.1. The highest BCUT2D eigenvalue weighted by Gasteiger charge is 2.17. The number of rotatable bonds is 6. The Labute approximate surface area is 144 Å². The van der Waals surface area contributed by atoms with Crippen LogP contribution in [0.4, 0.5) is 0 Å². The molecule has 0 bridgehead atoms. The van der Waals surface area contributed by atoms with Crippen molar-refractivity contribution in [3.63, 3.8) is 0 Å². The van der Waals surface area contributed by atoms with E-state index in [1.165, 1.54) is 0 Å². The second-order valence-corrected chi connectivity index (χ2v) is 5.90. The molecule has 2 aromatic carbocycles. The van der Waals surface area contributed by atoms with Gasteiger partial charge in [0.05, 0.1) is 22.0 Å². The van der Waals surface area contributed by atoms with Crippen LogP contribution in [0.25, 0.3) is 0 Å². The molecule has 0 aromatic heterocycles. The molecule has 6 heteroatoms. The van der Waals surface area contributed by atoms with E-state index >= 15 is 0 Å². The van der Waals surface area contributed by atoms with Crippen LogP contribution < -0.4 is 4.74 Å². The monoisotopic (exact) mass is 360 g/mol. The topological polar surface area (TPSA) is 49.7 Å². The van der Waals surface area contributed by atoms with Crippen LogP contribution >= 0.6 is 34.8 Å². The molecule has 0 heterocycles. The maximum absolute atomic E-state index is 9.84. The van der Waals surface area contributed by atoms with E-state index in [9.17, 15) is 10.2 Å². The summed E-state index contributed by atoms with van der Waals surface area (Å²) in [6.45, 7) is 0.350. The van der Waals surface area contributed by atoms with Gasteiger partial charge in [-0.2, -0.15) is 0 Å². The van der Waals surface area contributed by atoms with Crippen molar-refractivity contribution in [2.75, 3.05) is 5.88 Å². The van der Waals surface area contributed by atoms with Gasteiger partial charge in [0.2, 0.25) is 0 Å². The lowest BCUT2D eigenvalue weighted by molar-refractivity contribution is 0.0327. The minimum absolute atomic E-state index is 0.0310. The van der Waals surface area contributed by atoms with E-state index in [0.717, 1.165) is 5.56 Å². The smallest absolute Gasteiger partial charge is 0.119 e. The molecular formula is C16H15Cl3O3.